The van der Waals surface area contributed by atoms with Crippen LogP contribution in [-0.2, 0) is 6.54 Å². The number of aliphatic imine (C=N–C) groups is 4. The third-order valence-corrected chi connectivity index (χ3v) is 11.4. The molecule has 8 heteroatoms. The minimum absolute atomic E-state index is 0.350. The third kappa shape index (κ3) is 4.79. The van der Waals surface area contributed by atoms with E-state index in [1.807, 2.05) is 12.1 Å². The van der Waals surface area contributed by atoms with Crippen LogP contribution in [0.1, 0.15) is 39.5 Å². The molecule has 0 bridgehead atoms. The summed E-state index contributed by atoms with van der Waals surface area (Å²) in [4.78, 5) is 24.3. The van der Waals surface area contributed by atoms with Crippen molar-refractivity contribution >= 4 is 88.8 Å². The quantitative estimate of drug-likeness (QED) is 0.146. The highest BCUT2D eigenvalue weighted by Gasteiger charge is 2.30. The van der Waals surface area contributed by atoms with Gasteiger partial charge in [0.2, 0.25) is 0 Å². The minimum Gasteiger partial charge on any atom is -0.383 e. The van der Waals surface area contributed by atoms with Gasteiger partial charge in [-0.25, -0.2) is 20.0 Å². The van der Waals surface area contributed by atoms with Crippen molar-refractivity contribution in [3.8, 4) is 0 Å². The first-order chi connectivity index (χ1) is 27.6. The van der Waals surface area contributed by atoms with Crippen molar-refractivity contribution in [2.75, 3.05) is 0 Å². The van der Waals surface area contributed by atoms with E-state index in [-0.39, 0.29) is 6.17 Å². The zero-order valence-corrected chi connectivity index (χ0v) is 30.0. The molecule has 56 heavy (non-hydrogen) atoms. The molecule has 4 heterocycles. The molecule has 1 aromatic heterocycles. The molecule has 8 aromatic carbocycles. The zero-order chi connectivity index (χ0) is 36.9. The molecule has 1 unspecified atom stereocenters. The van der Waals surface area contributed by atoms with Gasteiger partial charge in [-0.3, -0.25) is 0 Å². The van der Waals surface area contributed by atoms with Crippen LogP contribution >= 0.6 is 0 Å². The van der Waals surface area contributed by atoms with E-state index >= 15 is 0 Å². The molecule has 8 nitrogen and oxygen atoms in total. The SMILES string of the molecule is NC1=N/C(=N\c2[nH]c(/N=C3\NC(/N=C4\NCc5cc6ccccc6cc54)c4cc5ccccc5cc43)c3cc4ccccc4cc23)c2cc3ccccc3cc21. The van der Waals surface area contributed by atoms with E-state index < -0.39 is 0 Å². The van der Waals surface area contributed by atoms with E-state index in [0.717, 1.165) is 89.1 Å². The lowest BCUT2D eigenvalue weighted by atomic mass is 10.0. The maximum absolute atomic E-state index is 6.50. The van der Waals surface area contributed by atoms with Gasteiger partial charge >= 0.3 is 0 Å². The minimum atomic E-state index is -0.350. The van der Waals surface area contributed by atoms with Gasteiger partial charge in [-0.15, -0.1) is 0 Å². The summed E-state index contributed by atoms with van der Waals surface area (Å²) in [5.74, 6) is 4.03. The van der Waals surface area contributed by atoms with Gasteiger partial charge < -0.3 is 21.4 Å². The fourth-order valence-electron chi connectivity index (χ4n) is 8.57. The van der Waals surface area contributed by atoms with Crippen LogP contribution < -0.4 is 16.4 Å². The number of amidine groups is 4. The average molecular weight is 721 g/mol. The smallest absolute Gasteiger partial charge is 0.164 e. The topological polar surface area (TPSA) is 115 Å². The molecule has 0 saturated carbocycles. The standard InChI is InChI=1S/C48H32N8/c49-42-36-19-28-11-3-4-12-29(28)20-37(36)44(51-42)53-46-40-23-32-15-7-8-16-33(32)24-41(40)48(55-46)56-47-39-22-31-14-6-5-13-30(31)21-38(39)45(54-47)52-43-35-18-27-10-2-1-9-26(27)17-34(35)25-50-43/h1-24,45,55H,25H2,(H,50,52)(H,54,56)(H2,49,51,53). The Morgan fingerprint density at radius 1 is 0.518 bits per heavy atom. The highest BCUT2D eigenvalue weighted by molar-refractivity contribution is 6.24. The van der Waals surface area contributed by atoms with Crippen LogP contribution in [0.25, 0.3) is 53.9 Å². The maximum Gasteiger partial charge on any atom is 0.164 e. The predicted molar refractivity (Wildman–Crippen MR) is 230 cm³/mol. The number of hydrogen-bond acceptors (Lipinski definition) is 4. The average Bonchev–Trinajstić information content (AvgIpc) is 3.96. The van der Waals surface area contributed by atoms with Gasteiger partial charge in [-0.1, -0.05) is 97.1 Å². The molecule has 1 atom stereocenters. The number of hydrogen-bond donors (Lipinski definition) is 4. The van der Waals surface area contributed by atoms with Gasteiger partial charge in [-0.05, 0) is 97.2 Å². The van der Waals surface area contributed by atoms with E-state index in [1.54, 1.807) is 0 Å². The second-order valence-corrected chi connectivity index (χ2v) is 14.7. The van der Waals surface area contributed by atoms with Crippen LogP contribution in [0.5, 0.6) is 0 Å². The molecule has 0 amide bonds. The highest BCUT2D eigenvalue weighted by atomic mass is 15.2. The molecule has 0 radical (unpaired) electrons. The van der Waals surface area contributed by atoms with Crippen LogP contribution in [0, 0.1) is 0 Å². The molecule has 5 N–H and O–H groups in total. The van der Waals surface area contributed by atoms with Gasteiger partial charge in [0.05, 0.1) is 0 Å². The number of H-pyrrole nitrogens is 1. The van der Waals surface area contributed by atoms with Gasteiger partial charge in [0, 0.05) is 45.1 Å². The van der Waals surface area contributed by atoms with Gasteiger partial charge in [0.15, 0.2) is 5.84 Å². The monoisotopic (exact) mass is 720 g/mol. The summed E-state index contributed by atoms with van der Waals surface area (Å²) in [5.41, 5.74) is 12.8. The van der Waals surface area contributed by atoms with Crippen molar-refractivity contribution in [1.82, 2.24) is 15.6 Å². The lowest BCUT2D eigenvalue weighted by molar-refractivity contribution is 0.707. The van der Waals surface area contributed by atoms with E-state index in [4.69, 9.17) is 25.7 Å². The number of nitrogens with two attached hydrogens (primary N) is 1. The molecule has 0 fully saturated rings. The second-order valence-electron chi connectivity index (χ2n) is 14.7. The lowest BCUT2D eigenvalue weighted by Crippen LogP contribution is -2.23. The van der Waals surface area contributed by atoms with E-state index in [0.29, 0.717) is 23.3 Å². The zero-order valence-electron chi connectivity index (χ0n) is 30.0. The van der Waals surface area contributed by atoms with E-state index in [2.05, 4.69) is 149 Å². The molecule has 3 aliphatic rings. The number of fused-ring (bicyclic) bond motifs is 8. The maximum atomic E-state index is 6.50. The fraction of sp³-hybridized carbons (Fsp3) is 0.0417. The number of aromatic nitrogens is 1. The summed E-state index contributed by atoms with van der Waals surface area (Å²) < 4.78 is 0. The van der Waals surface area contributed by atoms with E-state index in [1.165, 1.54) is 16.3 Å². The van der Waals surface area contributed by atoms with E-state index in [9.17, 15) is 0 Å². The number of nitrogens with zero attached hydrogens (tertiary/aromatic N) is 4. The van der Waals surface area contributed by atoms with Crippen LogP contribution in [0.3, 0.4) is 0 Å². The van der Waals surface area contributed by atoms with Gasteiger partial charge in [0.25, 0.3) is 0 Å². The molecule has 0 saturated heterocycles. The van der Waals surface area contributed by atoms with Crippen LogP contribution in [-0.4, -0.2) is 28.3 Å². The first-order valence-electron chi connectivity index (χ1n) is 18.8. The van der Waals surface area contributed by atoms with Crippen LogP contribution in [0.4, 0.5) is 11.6 Å². The summed E-state index contributed by atoms with van der Waals surface area (Å²) in [6.07, 6.45) is -0.350. The van der Waals surface area contributed by atoms with Gasteiger partial charge in [0.1, 0.15) is 35.3 Å². The predicted octanol–water partition coefficient (Wildman–Crippen LogP) is 9.81. The highest BCUT2D eigenvalue weighted by Crippen LogP contribution is 2.40. The normalized spacial score (nSPS) is 18.0. The Morgan fingerprint density at radius 2 is 1.02 bits per heavy atom. The summed E-state index contributed by atoms with van der Waals surface area (Å²) in [7, 11) is 0. The number of benzene rings is 8. The molecular formula is C48H32N8. The summed E-state index contributed by atoms with van der Waals surface area (Å²) in [6, 6.07) is 51.1. The van der Waals surface area contributed by atoms with Crippen LogP contribution in [0.2, 0.25) is 0 Å². The molecule has 0 aliphatic carbocycles. The Bertz CT molecular complexity index is 3310. The third-order valence-electron chi connectivity index (χ3n) is 11.4. The Labute approximate surface area is 320 Å². The Morgan fingerprint density at radius 3 is 1.64 bits per heavy atom. The molecule has 3 aliphatic heterocycles. The van der Waals surface area contributed by atoms with Crippen molar-refractivity contribution in [3.05, 3.63) is 179 Å². The molecule has 9 aromatic rings. The molecule has 0 spiro atoms. The molecular weight excluding hydrogens is 689 g/mol. The Kier molecular flexibility index (Phi) is 6.45. The van der Waals surface area contributed by atoms with Crippen molar-refractivity contribution in [2.45, 2.75) is 12.7 Å². The Hall–Kier alpha value is -7.58. The number of aromatic amines is 1. The van der Waals surface area contributed by atoms with Gasteiger partial charge in [-0.2, -0.15) is 0 Å². The van der Waals surface area contributed by atoms with Crippen molar-refractivity contribution in [1.29, 1.82) is 0 Å². The number of nitrogens with one attached hydrogen (secondary N) is 3. The van der Waals surface area contributed by atoms with Crippen LogP contribution in [0.15, 0.2) is 166 Å². The second kappa shape index (κ2) is 11.7. The Balaban J connectivity index is 1.02. The largest absolute Gasteiger partial charge is 0.383 e. The first kappa shape index (κ1) is 30.8. The van der Waals surface area contributed by atoms with Crippen molar-refractivity contribution < 1.29 is 0 Å². The first-order valence-corrected chi connectivity index (χ1v) is 18.8. The summed E-state index contributed by atoms with van der Waals surface area (Å²) in [5, 5.41) is 18.4. The molecule has 12 rings (SSSR count). The fourth-order valence-corrected chi connectivity index (χ4v) is 8.57. The summed E-state index contributed by atoms with van der Waals surface area (Å²) in [6.45, 7) is 0.737. The molecule has 264 valence electrons. The summed E-state index contributed by atoms with van der Waals surface area (Å²) >= 11 is 0. The van der Waals surface area contributed by atoms with Crippen molar-refractivity contribution in [3.63, 3.8) is 0 Å². The van der Waals surface area contributed by atoms with Crippen molar-refractivity contribution in [2.24, 2.45) is 25.7 Å². The lowest BCUT2D eigenvalue weighted by Gasteiger charge is -2.10. The number of rotatable bonds is 3.